The van der Waals surface area contributed by atoms with Crippen molar-refractivity contribution in [3.05, 3.63) is 47.8 Å². The number of hydrogen-bond acceptors (Lipinski definition) is 8. The molecule has 1 aliphatic rings. The number of hydrogen-bond donors (Lipinski definition) is 0. The Morgan fingerprint density at radius 1 is 1.22 bits per heavy atom. The zero-order valence-electron chi connectivity index (χ0n) is 18.0. The molecular formula is C22H21FN4O4S. The van der Waals surface area contributed by atoms with Crippen LogP contribution in [-0.2, 0) is 4.79 Å². The molecule has 2 aromatic carbocycles. The molecule has 1 amide bonds. The van der Waals surface area contributed by atoms with Gasteiger partial charge in [0.1, 0.15) is 5.82 Å². The van der Waals surface area contributed by atoms with Crippen LogP contribution in [0.2, 0.25) is 0 Å². The standard InChI is InChI=1S/C22H21FN4O4S/c1-5-32-22-24-20-18(25-26-22)15-11-13(23)9-10-16(15)27(12(2)28)21(31-20)14-7-6-8-17(29-3)19(14)30-4/h6-11,21H,5H2,1-4H3/t21-/m1/s1. The highest BCUT2D eigenvalue weighted by Gasteiger charge is 2.37. The van der Waals surface area contributed by atoms with Crippen LogP contribution in [0.15, 0.2) is 41.6 Å². The van der Waals surface area contributed by atoms with Crippen LogP contribution >= 0.6 is 11.8 Å². The fraction of sp³-hybridized carbons (Fsp3) is 0.273. The highest BCUT2D eigenvalue weighted by molar-refractivity contribution is 7.99. The number of para-hydroxylation sites is 1. The number of halogens is 1. The van der Waals surface area contributed by atoms with E-state index in [1.165, 1.54) is 56.0 Å². The fourth-order valence-corrected chi connectivity index (χ4v) is 4.08. The van der Waals surface area contributed by atoms with Crippen molar-refractivity contribution in [3.63, 3.8) is 0 Å². The van der Waals surface area contributed by atoms with Gasteiger partial charge in [0.2, 0.25) is 23.2 Å². The summed E-state index contributed by atoms with van der Waals surface area (Å²) >= 11 is 1.39. The zero-order chi connectivity index (χ0) is 22.8. The van der Waals surface area contributed by atoms with Gasteiger partial charge in [-0.05, 0) is 36.1 Å². The third kappa shape index (κ3) is 3.81. The minimum Gasteiger partial charge on any atom is -0.493 e. The van der Waals surface area contributed by atoms with Gasteiger partial charge in [-0.3, -0.25) is 9.69 Å². The predicted molar refractivity (Wildman–Crippen MR) is 118 cm³/mol. The highest BCUT2D eigenvalue weighted by Crippen LogP contribution is 2.46. The smallest absolute Gasteiger partial charge is 0.247 e. The lowest BCUT2D eigenvalue weighted by molar-refractivity contribution is -0.118. The summed E-state index contributed by atoms with van der Waals surface area (Å²) in [5.41, 5.74) is 1.55. The van der Waals surface area contributed by atoms with Crippen molar-refractivity contribution in [2.24, 2.45) is 0 Å². The van der Waals surface area contributed by atoms with Gasteiger partial charge in [-0.2, -0.15) is 4.98 Å². The lowest BCUT2D eigenvalue weighted by Gasteiger charge is -2.31. The van der Waals surface area contributed by atoms with Crippen molar-refractivity contribution >= 4 is 23.4 Å². The minimum absolute atomic E-state index is 0.140. The minimum atomic E-state index is -0.973. The molecule has 0 N–H and O–H groups in total. The molecule has 0 saturated heterocycles. The van der Waals surface area contributed by atoms with E-state index in [-0.39, 0.29) is 17.5 Å². The molecule has 1 aromatic heterocycles. The van der Waals surface area contributed by atoms with E-state index < -0.39 is 12.0 Å². The van der Waals surface area contributed by atoms with Gasteiger partial charge in [0.25, 0.3) is 0 Å². The van der Waals surface area contributed by atoms with Gasteiger partial charge >= 0.3 is 0 Å². The molecule has 0 unspecified atom stereocenters. The number of ether oxygens (including phenoxy) is 3. The van der Waals surface area contributed by atoms with Crippen molar-refractivity contribution in [1.82, 2.24) is 15.2 Å². The van der Waals surface area contributed by atoms with Gasteiger partial charge in [0.15, 0.2) is 17.2 Å². The topological polar surface area (TPSA) is 86.7 Å². The van der Waals surface area contributed by atoms with E-state index in [4.69, 9.17) is 14.2 Å². The van der Waals surface area contributed by atoms with E-state index >= 15 is 0 Å². The van der Waals surface area contributed by atoms with Gasteiger partial charge in [-0.1, -0.05) is 24.8 Å². The number of amides is 1. The van der Waals surface area contributed by atoms with Gasteiger partial charge < -0.3 is 14.2 Å². The Labute approximate surface area is 188 Å². The van der Waals surface area contributed by atoms with Crippen LogP contribution in [0.1, 0.15) is 25.6 Å². The molecule has 3 aromatic rings. The Morgan fingerprint density at radius 3 is 2.72 bits per heavy atom. The van der Waals surface area contributed by atoms with Gasteiger partial charge in [-0.25, -0.2) is 4.39 Å². The zero-order valence-corrected chi connectivity index (χ0v) is 18.8. The van der Waals surface area contributed by atoms with E-state index in [9.17, 15) is 9.18 Å². The Kier molecular flexibility index (Phi) is 6.13. The normalized spacial score (nSPS) is 14.7. The van der Waals surface area contributed by atoms with Crippen LogP contribution < -0.4 is 19.1 Å². The predicted octanol–water partition coefficient (Wildman–Crippen LogP) is 4.25. The number of fused-ring (bicyclic) bond motifs is 3. The Morgan fingerprint density at radius 2 is 2.03 bits per heavy atom. The summed E-state index contributed by atoms with van der Waals surface area (Å²) in [6.07, 6.45) is -0.973. The molecule has 10 heteroatoms. The quantitative estimate of drug-likeness (QED) is 0.527. The van der Waals surface area contributed by atoms with E-state index in [1.807, 2.05) is 6.92 Å². The second kappa shape index (κ2) is 8.99. The molecule has 1 aliphatic heterocycles. The molecule has 2 heterocycles. The van der Waals surface area contributed by atoms with Crippen LogP contribution in [0, 0.1) is 5.82 Å². The van der Waals surface area contributed by atoms with E-state index in [0.29, 0.717) is 33.5 Å². The molecular weight excluding hydrogens is 435 g/mol. The average Bonchev–Trinajstić information content (AvgIpc) is 2.92. The third-order valence-corrected chi connectivity index (χ3v) is 5.60. The molecule has 0 saturated carbocycles. The maximum atomic E-state index is 14.2. The van der Waals surface area contributed by atoms with Crippen molar-refractivity contribution in [1.29, 1.82) is 0 Å². The maximum Gasteiger partial charge on any atom is 0.247 e. The largest absolute Gasteiger partial charge is 0.493 e. The second-order valence-corrected chi connectivity index (χ2v) is 8.02. The summed E-state index contributed by atoms with van der Waals surface area (Å²) in [6, 6.07) is 9.37. The number of nitrogens with zero attached hydrogens (tertiary/aromatic N) is 4. The Hall–Kier alpha value is -3.40. The average molecular weight is 456 g/mol. The first-order valence-corrected chi connectivity index (χ1v) is 10.8. The number of rotatable bonds is 5. The van der Waals surface area contributed by atoms with Crippen LogP contribution in [-0.4, -0.2) is 41.1 Å². The molecule has 0 spiro atoms. The maximum absolute atomic E-state index is 14.2. The summed E-state index contributed by atoms with van der Waals surface area (Å²) in [5, 5.41) is 8.81. The van der Waals surface area contributed by atoms with Crippen molar-refractivity contribution in [2.75, 3.05) is 24.9 Å². The first-order chi connectivity index (χ1) is 15.5. The molecule has 8 nitrogen and oxygen atoms in total. The number of carbonyl (C=O) groups excluding carboxylic acids is 1. The molecule has 1 atom stereocenters. The second-order valence-electron chi connectivity index (χ2n) is 6.78. The van der Waals surface area contributed by atoms with Crippen LogP contribution in [0.4, 0.5) is 10.1 Å². The van der Waals surface area contributed by atoms with Gasteiger partial charge in [0, 0.05) is 12.5 Å². The summed E-state index contributed by atoms with van der Waals surface area (Å²) in [6.45, 7) is 3.37. The van der Waals surface area contributed by atoms with E-state index in [1.54, 1.807) is 18.2 Å². The lowest BCUT2D eigenvalue weighted by Crippen LogP contribution is -2.36. The molecule has 166 valence electrons. The fourth-order valence-electron chi connectivity index (χ4n) is 3.58. The first-order valence-electron chi connectivity index (χ1n) is 9.83. The summed E-state index contributed by atoms with van der Waals surface area (Å²) < 4.78 is 31.5. The summed E-state index contributed by atoms with van der Waals surface area (Å²) in [5.74, 6) is 0.952. The third-order valence-electron chi connectivity index (χ3n) is 4.88. The van der Waals surface area contributed by atoms with Crippen LogP contribution in [0.5, 0.6) is 17.4 Å². The number of thioether (sulfide) groups is 1. The van der Waals surface area contributed by atoms with Crippen LogP contribution in [0.25, 0.3) is 11.3 Å². The van der Waals surface area contributed by atoms with E-state index in [2.05, 4.69) is 15.2 Å². The summed E-state index contributed by atoms with van der Waals surface area (Å²) in [7, 11) is 3.03. The van der Waals surface area contributed by atoms with Gasteiger partial charge in [0.05, 0.1) is 25.5 Å². The Bertz CT molecular complexity index is 1180. The molecule has 0 bridgehead atoms. The van der Waals surface area contributed by atoms with Crippen molar-refractivity contribution < 1.29 is 23.4 Å². The SMILES string of the molecule is CCSc1nnc2c(n1)O[C@H](c1cccc(OC)c1OC)N(C(C)=O)c1ccc(F)cc1-2. The highest BCUT2D eigenvalue weighted by atomic mass is 32.2. The van der Waals surface area contributed by atoms with Crippen molar-refractivity contribution in [3.8, 4) is 28.6 Å². The van der Waals surface area contributed by atoms with Gasteiger partial charge in [-0.15, -0.1) is 10.2 Å². The molecule has 4 rings (SSSR count). The number of anilines is 1. The number of aromatic nitrogens is 3. The Balaban J connectivity index is 2.00. The molecule has 0 fully saturated rings. The number of methoxy groups -OCH3 is 2. The molecule has 32 heavy (non-hydrogen) atoms. The first kappa shape index (κ1) is 21.8. The molecule has 0 aliphatic carbocycles. The lowest BCUT2D eigenvalue weighted by atomic mass is 10.1. The molecule has 0 radical (unpaired) electrons. The van der Waals surface area contributed by atoms with Crippen molar-refractivity contribution in [2.45, 2.75) is 25.2 Å². The monoisotopic (exact) mass is 456 g/mol. The number of benzene rings is 2. The van der Waals surface area contributed by atoms with Crippen LogP contribution in [0.3, 0.4) is 0 Å². The summed E-state index contributed by atoms with van der Waals surface area (Å²) in [4.78, 5) is 18.8. The van der Waals surface area contributed by atoms with E-state index in [0.717, 1.165) is 5.75 Å². The number of carbonyl (C=O) groups is 1.